The van der Waals surface area contributed by atoms with E-state index in [1.165, 1.54) is 5.39 Å². The second-order valence-corrected chi connectivity index (χ2v) is 6.53. The molecule has 5 rings (SSSR count). The van der Waals surface area contributed by atoms with Crippen molar-refractivity contribution in [1.82, 2.24) is 14.8 Å². The van der Waals surface area contributed by atoms with Crippen LogP contribution in [0.25, 0.3) is 27.8 Å². The van der Waals surface area contributed by atoms with Crippen LogP contribution in [0, 0.1) is 0 Å². The molecule has 4 aromatic rings. The molecule has 5 nitrogen and oxygen atoms in total. The van der Waals surface area contributed by atoms with Gasteiger partial charge in [-0.3, -0.25) is 0 Å². The van der Waals surface area contributed by atoms with Gasteiger partial charge in [0.1, 0.15) is 0 Å². The Morgan fingerprint density at radius 3 is 2.65 bits per heavy atom. The fraction of sp³-hybridized carbons (Fsp3) is 0.190. The molecular formula is C21H20N4O. The van der Waals surface area contributed by atoms with Crippen molar-refractivity contribution in [1.29, 1.82) is 0 Å². The van der Waals surface area contributed by atoms with E-state index in [1.807, 2.05) is 10.9 Å². The van der Waals surface area contributed by atoms with Crippen LogP contribution in [0.3, 0.4) is 0 Å². The summed E-state index contributed by atoms with van der Waals surface area (Å²) >= 11 is 0. The highest BCUT2D eigenvalue weighted by atomic mass is 16.5. The number of hydrogen-bond acceptors (Lipinski definition) is 3. The van der Waals surface area contributed by atoms with Crippen LogP contribution in [0.15, 0.2) is 67.0 Å². The van der Waals surface area contributed by atoms with Crippen molar-refractivity contribution < 1.29 is 4.74 Å². The number of aromatic nitrogens is 3. The van der Waals surface area contributed by atoms with E-state index in [2.05, 4.69) is 75.8 Å². The lowest BCUT2D eigenvalue weighted by molar-refractivity contribution is 0.122. The van der Waals surface area contributed by atoms with Gasteiger partial charge in [-0.15, -0.1) is 0 Å². The molecule has 1 aliphatic heterocycles. The molecule has 0 amide bonds. The molecule has 0 saturated carbocycles. The summed E-state index contributed by atoms with van der Waals surface area (Å²) in [5, 5.41) is 5.84. The lowest BCUT2D eigenvalue weighted by atomic mass is 10.1. The van der Waals surface area contributed by atoms with Gasteiger partial charge in [0.15, 0.2) is 0 Å². The highest BCUT2D eigenvalue weighted by molar-refractivity contribution is 5.87. The smallest absolute Gasteiger partial charge is 0.0758 e. The lowest BCUT2D eigenvalue weighted by Gasteiger charge is -2.27. The van der Waals surface area contributed by atoms with Crippen molar-refractivity contribution in [2.24, 2.45) is 0 Å². The summed E-state index contributed by atoms with van der Waals surface area (Å²) in [5.41, 5.74) is 5.59. The first kappa shape index (κ1) is 15.2. The van der Waals surface area contributed by atoms with Crippen LogP contribution >= 0.6 is 0 Å². The van der Waals surface area contributed by atoms with Crippen molar-refractivity contribution >= 4 is 16.6 Å². The number of benzene rings is 2. The third-order valence-electron chi connectivity index (χ3n) is 4.92. The minimum absolute atomic E-state index is 0.775. The first-order chi connectivity index (χ1) is 12.9. The molecule has 2 aromatic heterocycles. The summed E-state index contributed by atoms with van der Waals surface area (Å²) in [6.07, 6.45) is 4.04. The van der Waals surface area contributed by atoms with Crippen LogP contribution in [0.5, 0.6) is 0 Å². The molecular weight excluding hydrogens is 324 g/mol. The van der Waals surface area contributed by atoms with Crippen LogP contribution < -0.4 is 4.90 Å². The molecule has 1 fully saturated rings. The molecule has 0 unspecified atom stereocenters. The van der Waals surface area contributed by atoms with E-state index < -0.39 is 0 Å². The van der Waals surface area contributed by atoms with Crippen molar-refractivity contribution in [2.75, 3.05) is 31.2 Å². The molecule has 0 aliphatic carbocycles. The number of H-pyrrole nitrogens is 1. The Morgan fingerprint density at radius 1 is 0.962 bits per heavy atom. The molecule has 1 saturated heterocycles. The van der Waals surface area contributed by atoms with Crippen molar-refractivity contribution in [3.8, 4) is 16.9 Å². The highest BCUT2D eigenvalue weighted by Gasteiger charge is 2.15. The fourth-order valence-corrected chi connectivity index (χ4v) is 3.55. The SMILES string of the molecule is c1ccc(-n2cc(N3CCOCC3)cn2)c(-c2cc3ccccc3[nH]2)c1. The predicted octanol–water partition coefficient (Wildman–Crippen LogP) is 3.86. The number of hydrogen-bond donors (Lipinski definition) is 1. The van der Waals surface area contributed by atoms with Gasteiger partial charge in [-0.05, 0) is 18.2 Å². The standard InChI is InChI=1S/C21H20N4O/c1-3-7-19-16(5-1)13-20(23-19)18-6-2-4-8-21(18)25-15-17(14-22-25)24-9-11-26-12-10-24/h1-8,13-15,23H,9-12H2. The molecule has 1 N–H and O–H groups in total. The number of nitrogens with zero attached hydrogens (tertiary/aromatic N) is 3. The zero-order chi connectivity index (χ0) is 17.3. The molecule has 2 aromatic carbocycles. The van der Waals surface area contributed by atoms with E-state index in [-0.39, 0.29) is 0 Å². The third kappa shape index (κ3) is 2.66. The summed E-state index contributed by atoms with van der Waals surface area (Å²) in [5.74, 6) is 0. The van der Waals surface area contributed by atoms with E-state index in [1.54, 1.807) is 0 Å². The largest absolute Gasteiger partial charge is 0.378 e. The molecule has 0 bridgehead atoms. The number of ether oxygens (including phenoxy) is 1. The first-order valence-electron chi connectivity index (χ1n) is 8.93. The minimum atomic E-state index is 0.775. The van der Waals surface area contributed by atoms with Crippen LogP contribution in [-0.2, 0) is 4.74 Å². The number of nitrogens with one attached hydrogen (secondary N) is 1. The average Bonchev–Trinajstić information content (AvgIpc) is 3.36. The molecule has 0 radical (unpaired) electrons. The summed E-state index contributed by atoms with van der Waals surface area (Å²) in [6.45, 7) is 3.37. The van der Waals surface area contributed by atoms with Gasteiger partial charge in [-0.1, -0.05) is 36.4 Å². The van der Waals surface area contributed by atoms with Crippen LogP contribution in [-0.4, -0.2) is 41.1 Å². The third-order valence-corrected chi connectivity index (χ3v) is 4.92. The van der Waals surface area contributed by atoms with Gasteiger partial charge in [-0.2, -0.15) is 5.10 Å². The highest BCUT2D eigenvalue weighted by Crippen LogP contribution is 2.29. The van der Waals surface area contributed by atoms with Crippen molar-refractivity contribution in [3.63, 3.8) is 0 Å². The monoisotopic (exact) mass is 344 g/mol. The summed E-state index contributed by atoms with van der Waals surface area (Å²) in [6, 6.07) is 18.9. The Balaban J connectivity index is 1.55. The van der Waals surface area contributed by atoms with E-state index in [9.17, 15) is 0 Å². The molecule has 0 spiro atoms. The zero-order valence-corrected chi connectivity index (χ0v) is 14.4. The van der Waals surface area contributed by atoms with Gasteiger partial charge in [0.25, 0.3) is 0 Å². The predicted molar refractivity (Wildman–Crippen MR) is 104 cm³/mol. The second kappa shape index (κ2) is 6.35. The van der Waals surface area contributed by atoms with Crippen LogP contribution in [0.1, 0.15) is 0 Å². The van der Waals surface area contributed by atoms with Crippen molar-refractivity contribution in [3.05, 3.63) is 67.0 Å². The lowest BCUT2D eigenvalue weighted by Crippen LogP contribution is -2.35. The topological polar surface area (TPSA) is 46.1 Å². The van der Waals surface area contributed by atoms with Gasteiger partial charge in [-0.25, -0.2) is 4.68 Å². The summed E-state index contributed by atoms with van der Waals surface area (Å²) in [4.78, 5) is 5.84. The summed E-state index contributed by atoms with van der Waals surface area (Å²) in [7, 11) is 0. The van der Waals surface area contributed by atoms with E-state index in [0.29, 0.717) is 0 Å². The van der Waals surface area contributed by atoms with Crippen molar-refractivity contribution in [2.45, 2.75) is 0 Å². The maximum atomic E-state index is 5.45. The van der Waals surface area contributed by atoms with Gasteiger partial charge < -0.3 is 14.6 Å². The number of anilines is 1. The summed E-state index contributed by atoms with van der Waals surface area (Å²) < 4.78 is 7.41. The zero-order valence-electron chi connectivity index (χ0n) is 14.4. The minimum Gasteiger partial charge on any atom is -0.378 e. The molecule has 0 atom stereocenters. The maximum Gasteiger partial charge on any atom is 0.0758 e. The average molecular weight is 344 g/mol. The van der Waals surface area contributed by atoms with E-state index in [0.717, 1.165) is 54.5 Å². The molecule has 5 heteroatoms. The molecule has 3 heterocycles. The van der Waals surface area contributed by atoms with Gasteiger partial charge >= 0.3 is 0 Å². The molecule has 1 aliphatic rings. The Kier molecular flexibility index (Phi) is 3.72. The van der Waals surface area contributed by atoms with Gasteiger partial charge in [0.2, 0.25) is 0 Å². The Hall–Kier alpha value is -3.05. The number of para-hydroxylation sites is 2. The fourth-order valence-electron chi connectivity index (χ4n) is 3.55. The van der Waals surface area contributed by atoms with Crippen LogP contribution in [0.4, 0.5) is 5.69 Å². The van der Waals surface area contributed by atoms with E-state index in [4.69, 9.17) is 4.74 Å². The Morgan fingerprint density at radius 2 is 1.77 bits per heavy atom. The number of aromatic amines is 1. The van der Waals surface area contributed by atoms with Gasteiger partial charge in [0, 0.05) is 35.2 Å². The Bertz CT molecular complexity index is 1010. The number of morpholine rings is 1. The quantitative estimate of drug-likeness (QED) is 0.614. The Labute approximate surface area is 151 Å². The molecule has 130 valence electrons. The van der Waals surface area contributed by atoms with Gasteiger partial charge in [0.05, 0.1) is 37.0 Å². The maximum absolute atomic E-state index is 5.45. The van der Waals surface area contributed by atoms with E-state index >= 15 is 0 Å². The van der Waals surface area contributed by atoms with Crippen LogP contribution in [0.2, 0.25) is 0 Å². The normalized spacial score (nSPS) is 14.8. The molecule has 26 heavy (non-hydrogen) atoms. The second-order valence-electron chi connectivity index (χ2n) is 6.53. The number of rotatable bonds is 3. The number of fused-ring (bicyclic) bond motifs is 1. The first-order valence-corrected chi connectivity index (χ1v) is 8.93.